The molecule has 2 N–H and O–H groups in total. The first-order valence-corrected chi connectivity index (χ1v) is 21.3. The van der Waals surface area contributed by atoms with Gasteiger partial charge >= 0.3 is 5.97 Å². The van der Waals surface area contributed by atoms with Crippen molar-refractivity contribution in [3.05, 3.63) is 0 Å². The van der Waals surface area contributed by atoms with Gasteiger partial charge in [-0.3, -0.25) is 14.4 Å². The highest BCUT2D eigenvalue weighted by Crippen LogP contribution is 2.47. The van der Waals surface area contributed by atoms with Gasteiger partial charge in [-0.1, -0.05) is 78.6 Å². The van der Waals surface area contributed by atoms with Crippen LogP contribution in [0.2, 0.25) is 0 Å². The number of amides is 1. The van der Waals surface area contributed by atoms with Crippen LogP contribution in [-0.2, 0) is 28.6 Å². The number of carbonyl (C=O) groups is 3. The normalized spacial score (nSPS) is 26.3. The molecule has 7 atom stereocenters. The lowest BCUT2D eigenvalue weighted by atomic mass is 9.85. The van der Waals surface area contributed by atoms with Crippen molar-refractivity contribution in [1.82, 2.24) is 4.90 Å². The first-order valence-electron chi connectivity index (χ1n) is 21.3. The predicted octanol–water partition coefficient (Wildman–Crippen LogP) is 8.90. The number of aliphatic hydroxyl groups is 2. The molecule has 9 heteroatoms. The summed E-state index contributed by atoms with van der Waals surface area (Å²) in [6.45, 7) is 12.4. The summed E-state index contributed by atoms with van der Waals surface area (Å²) < 4.78 is 16.1. The summed E-state index contributed by atoms with van der Waals surface area (Å²) in [7, 11) is 4.86. The molecule has 3 rings (SSSR count). The molecule has 9 nitrogen and oxygen atoms in total. The number of hydrogen-bond acceptors (Lipinski definition) is 8. The molecule has 0 aliphatic heterocycles. The minimum atomic E-state index is -0.508. The molecule has 0 aromatic carbocycles. The summed E-state index contributed by atoms with van der Waals surface area (Å²) in [6.07, 6.45) is 21.3. The van der Waals surface area contributed by atoms with Crippen LogP contribution in [0.5, 0.6) is 0 Å². The van der Waals surface area contributed by atoms with Gasteiger partial charge in [0, 0.05) is 71.4 Å². The third-order valence-corrected chi connectivity index (χ3v) is 12.5. The zero-order valence-corrected chi connectivity index (χ0v) is 34.8. The highest BCUT2D eigenvalue weighted by Gasteiger charge is 2.49. The van der Waals surface area contributed by atoms with Crippen LogP contribution in [0.15, 0.2) is 0 Å². The number of hydrogen-bond donors (Lipinski definition) is 2. The summed E-state index contributed by atoms with van der Waals surface area (Å²) in [5, 5.41) is 18.7. The Bertz CT molecular complexity index is 949. The fourth-order valence-electron chi connectivity index (χ4n) is 9.21. The second-order valence-corrected chi connectivity index (χ2v) is 15.6. The molecule has 0 spiro atoms. The van der Waals surface area contributed by atoms with Gasteiger partial charge in [0.1, 0.15) is 5.78 Å². The minimum Gasteiger partial charge on any atom is -0.469 e. The molecular formula is C43H81NO8. The monoisotopic (exact) mass is 740 g/mol. The fraction of sp³-hybridized carbons (Fsp3) is 0.930. The fourth-order valence-corrected chi connectivity index (χ4v) is 9.21. The first kappa shape index (κ1) is 48.5. The number of methoxy groups -OCH3 is 3. The third-order valence-electron chi connectivity index (χ3n) is 12.5. The number of ketones is 1. The van der Waals surface area contributed by atoms with Gasteiger partial charge in [-0.15, -0.1) is 0 Å². The molecule has 306 valence electrons. The smallest absolute Gasteiger partial charge is 0.305 e. The summed E-state index contributed by atoms with van der Waals surface area (Å²) in [6, 6.07) is 0. The van der Waals surface area contributed by atoms with Gasteiger partial charge < -0.3 is 29.3 Å². The van der Waals surface area contributed by atoms with E-state index >= 15 is 0 Å². The Hall–Kier alpha value is -1.55. The lowest BCUT2D eigenvalue weighted by molar-refractivity contribution is -0.233. The summed E-state index contributed by atoms with van der Waals surface area (Å²) in [5.74, 6) is 2.08. The van der Waals surface area contributed by atoms with E-state index in [1.54, 1.807) is 14.2 Å². The minimum absolute atomic E-state index is 0.0941. The van der Waals surface area contributed by atoms with Crippen LogP contribution in [0.25, 0.3) is 0 Å². The molecule has 3 aliphatic rings. The molecule has 3 fully saturated rings. The molecule has 7 unspecified atom stereocenters. The topological polar surface area (TPSA) is 123 Å². The van der Waals surface area contributed by atoms with E-state index in [-0.39, 0.29) is 36.4 Å². The summed E-state index contributed by atoms with van der Waals surface area (Å²) in [4.78, 5) is 37.5. The second-order valence-electron chi connectivity index (χ2n) is 15.6. The molecule has 3 saturated carbocycles. The van der Waals surface area contributed by atoms with Crippen molar-refractivity contribution < 1.29 is 38.8 Å². The zero-order valence-electron chi connectivity index (χ0n) is 34.8. The van der Waals surface area contributed by atoms with E-state index in [1.807, 2.05) is 18.7 Å². The maximum absolute atomic E-state index is 12.2. The van der Waals surface area contributed by atoms with Crippen LogP contribution >= 0.6 is 0 Å². The molecule has 0 saturated heterocycles. The van der Waals surface area contributed by atoms with Crippen molar-refractivity contribution in [3.8, 4) is 0 Å². The van der Waals surface area contributed by atoms with Crippen molar-refractivity contribution >= 4 is 17.7 Å². The number of esters is 1. The Morgan fingerprint density at radius 1 is 0.731 bits per heavy atom. The standard InChI is InChI=1S/C16H29NO2.C15H28O4.C12H24O2/c1-4-7-8-9-14-13(10-11-15(14)18)12-16(19)17(5-2)6-3;1-5-6-7-8-13-12(11-14(16)17-2)9-10-15(13,18-3)19-4;1-2-3-4-5-11-10(8-9-13)6-7-12(11)14/h13-14H,4-12H2,1-3H3;12-13H,5-11H2,1-4H3;10-14H,2-9H2,1H3. The van der Waals surface area contributed by atoms with E-state index < -0.39 is 5.79 Å². The van der Waals surface area contributed by atoms with Crippen LogP contribution in [0.4, 0.5) is 0 Å². The highest BCUT2D eigenvalue weighted by atomic mass is 16.7. The Kier molecular flexibility index (Phi) is 26.0. The number of unbranched alkanes of at least 4 members (excludes halogenated alkanes) is 6. The molecular weight excluding hydrogens is 658 g/mol. The predicted molar refractivity (Wildman–Crippen MR) is 210 cm³/mol. The molecule has 3 aliphatic carbocycles. The van der Waals surface area contributed by atoms with Gasteiger partial charge in [-0.25, -0.2) is 0 Å². The van der Waals surface area contributed by atoms with Gasteiger partial charge in [0.05, 0.1) is 13.2 Å². The lowest BCUT2D eigenvalue weighted by Gasteiger charge is -2.35. The van der Waals surface area contributed by atoms with Crippen LogP contribution in [-0.4, -0.2) is 85.7 Å². The van der Waals surface area contributed by atoms with Crippen LogP contribution in [0.3, 0.4) is 0 Å². The van der Waals surface area contributed by atoms with E-state index in [0.29, 0.717) is 48.7 Å². The van der Waals surface area contributed by atoms with Gasteiger partial charge in [-0.2, -0.15) is 0 Å². The highest BCUT2D eigenvalue weighted by molar-refractivity contribution is 5.85. The zero-order chi connectivity index (χ0) is 38.9. The number of rotatable bonds is 22. The Morgan fingerprint density at radius 2 is 1.33 bits per heavy atom. The molecule has 0 aromatic heterocycles. The summed E-state index contributed by atoms with van der Waals surface area (Å²) in [5.41, 5.74) is 0. The number of ether oxygens (including phenoxy) is 3. The molecule has 0 bridgehead atoms. The third kappa shape index (κ3) is 16.0. The molecule has 0 radical (unpaired) electrons. The molecule has 52 heavy (non-hydrogen) atoms. The van der Waals surface area contributed by atoms with Gasteiger partial charge in [0.25, 0.3) is 0 Å². The molecule has 1 amide bonds. The Labute approximate surface area is 318 Å². The van der Waals surface area contributed by atoms with E-state index in [1.165, 1.54) is 52.1 Å². The Balaban J connectivity index is 0.000000395. The first-order chi connectivity index (χ1) is 25.1. The van der Waals surface area contributed by atoms with Crippen molar-refractivity contribution in [2.24, 2.45) is 35.5 Å². The number of nitrogens with zero attached hydrogens (tertiary/aromatic N) is 1. The van der Waals surface area contributed by atoms with E-state index in [9.17, 15) is 19.5 Å². The van der Waals surface area contributed by atoms with Gasteiger partial charge in [-0.05, 0) is 88.9 Å². The van der Waals surface area contributed by atoms with Crippen LogP contribution in [0.1, 0.15) is 169 Å². The molecule has 0 aromatic rings. The van der Waals surface area contributed by atoms with Crippen molar-refractivity contribution in [1.29, 1.82) is 0 Å². The maximum Gasteiger partial charge on any atom is 0.305 e. The largest absolute Gasteiger partial charge is 0.469 e. The van der Waals surface area contributed by atoms with Gasteiger partial charge in [0.15, 0.2) is 5.79 Å². The second kappa shape index (κ2) is 27.9. The average molecular weight is 740 g/mol. The van der Waals surface area contributed by atoms with E-state index in [4.69, 9.17) is 19.3 Å². The van der Waals surface area contributed by atoms with Gasteiger partial charge in [0.2, 0.25) is 5.91 Å². The molecule has 0 heterocycles. The van der Waals surface area contributed by atoms with Crippen molar-refractivity contribution in [2.75, 3.05) is 41.0 Å². The SMILES string of the molecule is CCCCCC1C(=O)CCC1CC(=O)N(CC)CC.CCCCCC1C(CC(=O)OC)CCC1(OC)OC.CCCCCC1C(O)CCC1CCO. The average Bonchev–Trinajstić information content (AvgIpc) is 3.80. The maximum atomic E-state index is 12.2. The summed E-state index contributed by atoms with van der Waals surface area (Å²) >= 11 is 0. The van der Waals surface area contributed by atoms with E-state index in [2.05, 4.69) is 20.8 Å². The van der Waals surface area contributed by atoms with Crippen LogP contribution < -0.4 is 0 Å². The Morgan fingerprint density at radius 3 is 1.87 bits per heavy atom. The number of Topliss-reactive ketones (excluding diaryl/α,β-unsaturated/α-hetero) is 1. The van der Waals surface area contributed by atoms with Crippen molar-refractivity contribution in [2.45, 2.75) is 181 Å². The van der Waals surface area contributed by atoms with Crippen LogP contribution in [0, 0.1) is 35.5 Å². The number of carbonyl (C=O) groups excluding carboxylic acids is 3. The lowest BCUT2D eigenvalue weighted by Crippen LogP contribution is -2.40. The van der Waals surface area contributed by atoms with E-state index in [0.717, 1.165) is 83.7 Å². The quantitative estimate of drug-likeness (QED) is 0.0642. The van der Waals surface area contributed by atoms with Crippen molar-refractivity contribution in [3.63, 3.8) is 0 Å². The number of aliphatic hydroxyl groups excluding tert-OH is 2.